The summed E-state index contributed by atoms with van der Waals surface area (Å²) in [5.74, 6) is 0. The first-order valence-electron chi connectivity index (χ1n) is 7.81. The molecule has 0 radical (unpaired) electrons. The van der Waals surface area contributed by atoms with Gasteiger partial charge in [-0.1, -0.05) is 6.07 Å². The van der Waals surface area contributed by atoms with E-state index in [1.54, 1.807) is 11.3 Å². The summed E-state index contributed by atoms with van der Waals surface area (Å²) in [7, 11) is -0.361. The molecule has 7 heteroatoms. The quantitative estimate of drug-likeness (QED) is 0.860. The number of ether oxygens (including phenoxy) is 1. The lowest BCUT2D eigenvalue weighted by Gasteiger charge is -2.32. The van der Waals surface area contributed by atoms with Gasteiger partial charge in [-0.05, 0) is 54.5 Å². The summed E-state index contributed by atoms with van der Waals surface area (Å²) in [6.45, 7) is 14.1. The molecule has 1 aromatic rings. The maximum atomic E-state index is 11.7. The minimum Gasteiger partial charge on any atom is -0.444 e. The molecule has 0 aliphatic carbocycles. The van der Waals surface area contributed by atoms with E-state index in [9.17, 15) is 4.79 Å². The Balaban J connectivity index is 1.93. The van der Waals surface area contributed by atoms with E-state index in [2.05, 4.69) is 5.32 Å². The van der Waals surface area contributed by atoms with Crippen LogP contribution in [0.3, 0.4) is 0 Å². The number of carbonyl (C=O) groups is 1. The van der Waals surface area contributed by atoms with Gasteiger partial charge in [0, 0.05) is 9.65 Å². The molecule has 128 valence electrons. The molecule has 2 heterocycles. The van der Waals surface area contributed by atoms with Crippen LogP contribution in [0, 0.1) is 0 Å². The molecule has 1 saturated heterocycles. The highest BCUT2D eigenvalue weighted by molar-refractivity contribution is 7.22. The Bertz CT molecular complexity index is 561. The maximum absolute atomic E-state index is 11.7. The molecule has 0 unspecified atom stereocenters. The molecule has 0 bridgehead atoms. The van der Waals surface area contributed by atoms with E-state index in [1.807, 2.05) is 60.6 Å². The normalized spacial score (nSPS) is 19.7. The Morgan fingerprint density at radius 3 is 2.30 bits per heavy atom. The summed E-state index contributed by atoms with van der Waals surface area (Å²) >= 11 is 1.57. The third kappa shape index (κ3) is 4.49. The fourth-order valence-corrected chi connectivity index (χ4v) is 2.96. The molecule has 2 rings (SSSR count). The summed E-state index contributed by atoms with van der Waals surface area (Å²) in [6, 6.07) is 3.96. The van der Waals surface area contributed by atoms with Crippen molar-refractivity contribution in [1.29, 1.82) is 0 Å². The van der Waals surface area contributed by atoms with Crippen LogP contribution in [0.25, 0.3) is 0 Å². The van der Waals surface area contributed by atoms with E-state index in [0.29, 0.717) is 6.54 Å². The maximum Gasteiger partial charge on any atom is 0.505 e. The van der Waals surface area contributed by atoms with Crippen molar-refractivity contribution < 1.29 is 18.8 Å². The molecule has 1 aromatic heterocycles. The second kappa shape index (κ2) is 6.11. The first kappa shape index (κ1) is 18.3. The van der Waals surface area contributed by atoms with Gasteiger partial charge in [-0.15, -0.1) is 11.3 Å². The number of thiophene rings is 1. The standard InChI is InChI=1S/C16H26BNO4S/c1-14(2,3)20-13(19)18-10-11-8-9-12(23-11)17-21-15(4,5)16(6,7)22-17/h8-9H,10H2,1-7H3,(H,18,19). The van der Waals surface area contributed by atoms with Gasteiger partial charge in [0.1, 0.15) is 5.60 Å². The fourth-order valence-electron chi connectivity index (χ4n) is 2.05. The third-order valence-electron chi connectivity index (χ3n) is 3.97. The zero-order valence-corrected chi connectivity index (χ0v) is 15.8. The number of nitrogens with one attached hydrogen (secondary N) is 1. The van der Waals surface area contributed by atoms with E-state index >= 15 is 0 Å². The van der Waals surface area contributed by atoms with Gasteiger partial charge >= 0.3 is 13.2 Å². The molecule has 1 aliphatic heterocycles. The van der Waals surface area contributed by atoms with Crippen LogP contribution in [0.4, 0.5) is 4.79 Å². The fraction of sp³-hybridized carbons (Fsp3) is 0.688. The van der Waals surface area contributed by atoms with E-state index in [1.165, 1.54) is 0 Å². The van der Waals surface area contributed by atoms with Crippen molar-refractivity contribution in [2.45, 2.75) is 71.8 Å². The molecule has 0 spiro atoms. The van der Waals surface area contributed by atoms with E-state index in [-0.39, 0.29) is 18.3 Å². The largest absolute Gasteiger partial charge is 0.505 e. The molecule has 0 aromatic carbocycles. The topological polar surface area (TPSA) is 56.8 Å². The van der Waals surface area contributed by atoms with Crippen molar-refractivity contribution in [3.63, 3.8) is 0 Å². The van der Waals surface area contributed by atoms with Gasteiger partial charge in [0.05, 0.1) is 17.7 Å². The number of rotatable bonds is 3. The Morgan fingerprint density at radius 2 is 1.78 bits per heavy atom. The molecule has 1 aliphatic rings. The monoisotopic (exact) mass is 339 g/mol. The van der Waals surface area contributed by atoms with Crippen LogP contribution in [0.5, 0.6) is 0 Å². The van der Waals surface area contributed by atoms with Crippen LogP contribution >= 0.6 is 11.3 Å². The van der Waals surface area contributed by atoms with Crippen LogP contribution in [-0.2, 0) is 20.6 Å². The highest BCUT2D eigenvalue weighted by Gasteiger charge is 2.52. The summed E-state index contributed by atoms with van der Waals surface area (Å²) in [4.78, 5) is 12.7. The summed E-state index contributed by atoms with van der Waals surface area (Å²) in [5.41, 5.74) is -1.19. The van der Waals surface area contributed by atoms with Crippen LogP contribution in [0.15, 0.2) is 12.1 Å². The minimum atomic E-state index is -0.493. The van der Waals surface area contributed by atoms with Crippen molar-refractivity contribution in [3.05, 3.63) is 17.0 Å². The molecule has 0 saturated carbocycles. The van der Waals surface area contributed by atoms with Crippen LogP contribution < -0.4 is 10.1 Å². The van der Waals surface area contributed by atoms with Gasteiger partial charge in [-0.25, -0.2) is 4.79 Å². The predicted octanol–water partition coefficient (Wildman–Crippen LogP) is 3.07. The van der Waals surface area contributed by atoms with Crippen molar-refractivity contribution in [1.82, 2.24) is 5.32 Å². The number of hydrogen-bond donors (Lipinski definition) is 1. The van der Waals surface area contributed by atoms with Crippen molar-refractivity contribution in [2.24, 2.45) is 0 Å². The Hall–Kier alpha value is -1.05. The SMILES string of the molecule is CC(C)(C)OC(=O)NCc1ccc(B2OC(C)(C)C(C)(C)O2)s1. The lowest BCUT2D eigenvalue weighted by atomic mass is 9.88. The van der Waals surface area contributed by atoms with E-state index in [0.717, 1.165) is 9.65 Å². The Morgan fingerprint density at radius 1 is 1.22 bits per heavy atom. The first-order valence-corrected chi connectivity index (χ1v) is 8.62. The lowest BCUT2D eigenvalue weighted by Crippen LogP contribution is -2.41. The minimum absolute atomic E-state index is 0.351. The van der Waals surface area contributed by atoms with Gasteiger partial charge in [0.25, 0.3) is 0 Å². The summed E-state index contributed by atoms with van der Waals surface area (Å²) in [5, 5.41) is 2.76. The molecule has 0 atom stereocenters. The van der Waals surface area contributed by atoms with Crippen molar-refractivity contribution in [2.75, 3.05) is 0 Å². The number of carbonyl (C=O) groups excluding carboxylic acids is 1. The molecule has 1 fully saturated rings. The summed E-state index contributed by atoms with van der Waals surface area (Å²) in [6.07, 6.45) is -0.414. The highest BCUT2D eigenvalue weighted by atomic mass is 32.1. The zero-order chi connectivity index (χ0) is 17.5. The van der Waals surface area contributed by atoms with Crippen molar-refractivity contribution in [3.8, 4) is 0 Å². The number of alkyl carbamates (subject to hydrolysis) is 1. The van der Waals surface area contributed by atoms with Gasteiger partial charge < -0.3 is 19.4 Å². The van der Waals surface area contributed by atoms with E-state index in [4.69, 9.17) is 14.0 Å². The van der Waals surface area contributed by atoms with Gasteiger partial charge in [0.15, 0.2) is 0 Å². The third-order valence-corrected chi connectivity index (χ3v) is 5.08. The second-order valence-electron chi connectivity index (χ2n) is 7.75. The second-order valence-corrected chi connectivity index (χ2v) is 8.95. The van der Waals surface area contributed by atoms with Crippen molar-refractivity contribution >= 4 is 29.3 Å². The lowest BCUT2D eigenvalue weighted by molar-refractivity contribution is 0.00578. The average molecular weight is 339 g/mol. The summed E-state index contributed by atoms with van der Waals surface area (Å²) < 4.78 is 18.3. The molecule has 1 amide bonds. The van der Waals surface area contributed by atoms with Crippen LogP contribution in [0.1, 0.15) is 53.3 Å². The smallest absolute Gasteiger partial charge is 0.444 e. The first-order chi connectivity index (χ1) is 10.4. The van der Waals surface area contributed by atoms with Crippen LogP contribution in [-0.4, -0.2) is 30.0 Å². The van der Waals surface area contributed by atoms with Gasteiger partial charge in [-0.3, -0.25) is 0 Å². The molecular weight excluding hydrogens is 313 g/mol. The zero-order valence-electron chi connectivity index (χ0n) is 15.0. The molecule has 23 heavy (non-hydrogen) atoms. The predicted molar refractivity (Wildman–Crippen MR) is 93.1 cm³/mol. The molecule has 5 nitrogen and oxygen atoms in total. The number of hydrogen-bond acceptors (Lipinski definition) is 5. The molecule has 1 N–H and O–H groups in total. The van der Waals surface area contributed by atoms with Crippen LogP contribution in [0.2, 0.25) is 0 Å². The van der Waals surface area contributed by atoms with Gasteiger partial charge in [-0.2, -0.15) is 0 Å². The molecular formula is C16H26BNO4S. The average Bonchev–Trinajstić information content (AvgIpc) is 2.88. The Kier molecular flexibility index (Phi) is 4.86. The highest BCUT2D eigenvalue weighted by Crippen LogP contribution is 2.36. The van der Waals surface area contributed by atoms with E-state index < -0.39 is 11.7 Å². The number of amides is 1. The van der Waals surface area contributed by atoms with Gasteiger partial charge in [0.2, 0.25) is 0 Å². The Labute approximate surface area is 142 Å².